The number of piperidine rings is 1. The fourth-order valence-corrected chi connectivity index (χ4v) is 7.71. The first kappa shape index (κ1) is 36.3. The molecule has 46 heavy (non-hydrogen) atoms. The molecule has 1 aliphatic heterocycles. The second kappa shape index (κ2) is 14.7. The summed E-state index contributed by atoms with van der Waals surface area (Å²) in [5.74, 6) is -0.363. The van der Waals surface area contributed by atoms with Crippen molar-refractivity contribution in [1.29, 1.82) is 0 Å². The Morgan fingerprint density at radius 1 is 0.913 bits per heavy atom. The highest BCUT2D eigenvalue weighted by Gasteiger charge is 2.47. The zero-order valence-electron chi connectivity index (χ0n) is 28.6. The third-order valence-corrected chi connectivity index (χ3v) is 12.6. The number of carbonyl (C=O) groups is 3. The topological polar surface area (TPSA) is 145 Å². The van der Waals surface area contributed by atoms with Gasteiger partial charge in [-0.3, -0.25) is 19.3 Å². The van der Waals surface area contributed by atoms with Crippen molar-refractivity contribution in [2.75, 3.05) is 19.3 Å². The number of aliphatic hydroxyl groups excluding tert-OH is 1. The minimum absolute atomic E-state index is 0.0546. The molecule has 0 spiro atoms. The van der Waals surface area contributed by atoms with Gasteiger partial charge >= 0.3 is 0 Å². The lowest BCUT2D eigenvalue weighted by molar-refractivity contribution is -0.134. The number of rotatable bonds is 12. The summed E-state index contributed by atoms with van der Waals surface area (Å²) in [5.41, 5.74) is 0.484. The molecule has 4 N–H and O–H groups in total. The Morgan fingerprint density at radius 2 is 1.54 bits per heavy atom. The van der Waals surface area contributed by atoms with E-state index in [1.54, 1.807) is 0 Å². The average Bonchev–Trinajstić information content (AvgIpc) is 2.93. The van der Waals surface area contributed by atoms with E-state index in [0.29, 0.717) is 31.2 Å². The van der Waals surface area contributed by atoms with E-state index in [9.17, 15) is 27.9 Å². The summed E-state index contributed by atoms with van der Waals surface area (Å²) < 4.78 is 24.2. The van der Waals surface area contributed by atoms with Gasteiger partial charge in [0.05, 0.1) is 22.9 Å². The van der Waals surface area contributed by atoms with Crippen molar-refractivity contribution in [1.82, 2.24) is 20.9 Å². The van der Waals surface area contributed by atoms with E-state index in [4.69, 9.17) is 0 Å². The average molecular weight is 661 g/mol. The number of amides is 3. The van der Waals surface area contributed by atoms with Crippen molar-refractivity contribution in [3.05, 3.63) is 35.9 Å². The zero-order valence-corrected chi connectivity index (χ0v) is 29.4. The maximum Gasteiger partial charge on any atom is 0.244 e. The SMILES string of the molecule is CC(C)(C)NC(=O)C1C[C@@H]2CCCC[C@@H]2CN1CC(O)C(Cc1ccccc1)NC(=O)[C@@H](NC(=O)C1CCC1)C(C)(C)S(C)(=O)=O. The monoisotopic (exact) mass is 660 g/mol. The number of benzene rings is 1. The number of likely N-dealkylation sites (tertiary alicyclic amines) is 1. The van der Waals surface area contributed by atoms with Gasteiger partial charge in [-0.25, -0.2) is 8.42 Å². The van der Waals surface area contributed by atoms with E-state index in [-0.39, 0.29) is 30.7 Å². The third-order valence-electron chi connectivity index (χ3n) is 10.5. The molecule has 1 aromatic carbocycles. The van der Waals surface area contributed by atoms with Crippen LogP contribution in [0.1, 0.15) is 91.5 Å². The van der Waals surface area contributed by atoms with Crippen molar-refractivity contribution in [2.24, 2.45) is 17.8 Å². The second-order valence-corrected chi connectivity index (χ2v) is 18.2. The lowest BCUT2D eigenvalue weighted by atomic mass is 9.72. The van der Waals surface area contributed by atoms with Gasteiger partial charge in [0.2, 0.25) is 17.7 Å². The molecule has 2 aliphatic carbocycles. The van der Waals surface area contributed by atoms with Gasteiger partial charge in [-0.05, 0) is 84.1 Å². The minimum Gasteiger partial charge on any atom is -0.390 e. The molecule has 0 radical (unpaired) electrons. The van der Waals surface area contributed by atoms with Crippen molar-refractivity contribution < 1.29 is 27.9 Å². The summed E-state index contributed by atoms with van der Waals surface area (Å²) in [5, 5.41) is 20.7. The quantitative estimate of drug-likeness (QED) is 0.270. The normalized spacial score (nSPS) is 24.9. The molecule has 11 heteroatoms. The Bertz CT molecular complexity index is 1320. The van der Waals surface area contributed by atoms with Crippen molar-refractivity contribution in [3.8, 4) is 0 Å². The van der Waals surface area contributed by atoms with Gasteiger partial charge < -0.3 is 21.1 Å². The van der Waals surface area contributed by atoms with E-state index in [1.165, 1.54) is 20.3 Å². The van der Waals surface area contributed by atoms with Crippen molar-refractivity contribution in [3.63, 3.8) is 0 Å². The van der Waals surface area contributed by atoms with Crippen LogP contribution in [0.2, 0.25) is 0 Å². The summed E-state index contributed by atoms with van der Waals surface area (Å²) >= 11 is 0. The van der Waals surface area contributed by atoms with Gasteiger partial charge in [-0.2, -0.15) is 0 Å². The van der Waals surface area contributed by atoms with Crippen LogP contribution in [0.25, 0.3) is 0 Å². The Morgan fingerprint density at radius 3 is 2.11 bits per heavy atom. The van der Waals surface area contributed by atoms with Crippen LogP contribution in [0.5, 0.6) is 0 Å². The van der Waals surface area contributed by atoms with Gasteiger partial charge in [-0.1, -0.05) is 56.0 Å². The highest BCUT2D eigenvalue weighted by molar-refractivity contribution is 7.92. The lowest BCUT2D eigenvalue weighted by Gasteiger charge is -2.47. The summed E-state index contributed by atoms with van der Waals surface area (Å²) in [6.45, 7) is 9.63. The third kappa shape index (κ3) is 9.10. The molecule has 1 aromatic rings. The van der Waals surface area contributed by atoms with Crippen LogP contribution >= 0.6 is 0 Å². The number of carbonyl (C=O) groups excluding carboxylic acids is 3. The summed E-state index contributed by atoms with van der Waals surface area (Å²) in [6.07, 6.45) is 7.88. The molecule has 1 saturated heterocycles. The molecule has 3 aliphatic rings. The Hall–Kier alpha value is -2.50. The second-order valence-electron chi connectivity index (χ2n) is 15.6. The summed E-state index contributed by atoms with van der Waals surface area (Å²) in [6, 6.07) is 6.92. The van der Waals surface area contributed by atoms with Crippen LogP contribution in [0.3, 0.4) is 0 Å². The maximum atomic E-state index is 14.0. The Kier molecular flexibility index (Phi) is 11.6. The highest BCUT2D eigenvalue weighted by atomic mass is 32.2. The van der Waals surface area contributed by atoms with E-state index in [0.717, 1.165) is 43.9 Å². The molecule has 4 rings (SSSR count). The molecule has 0 aromatic heterocycles. The predicted molar refractivity (Wildman–Crippen MR) is 180 cm³/mol. The molecule has 6 atom stereocenters. The first-order chi connectivity index (χ1) is 21.5. The van der Waals surface area contributed by atoms with Crippen LogP contribution in [0, 0.1) is 17.8 Å². The van der Waals surface area contributed by atoms with Crippen LogP contribution < -0.4 is 16.0 Å². The molecule has 3 fully saturated rings. The first-order valence-electron chi connectivity index (χ1n) is 17.0. The van der Waals surface area contributed by atoms with E-state index < -0.39 is 50.3 Å². The van der Waals surface area contributed by atoms with Crippen LogP contribution in [-0.4, -0.2) is 90.0 Å². The van der Waals surface area contributed by atoms with Gasteiger partial charge in [-0.15, -0.1) is 0 Å². The van der Waals surface area contributed by atoms with E-state index >= 15 is 0 Å². The van der Waals surface area contributed by atoms with Crippen LogP contribution in [0.4, 0.5) is 0 Å². The molecular weight excluding hydrogens is 604 g/mol. The fourth-order valence-electron chi connectivity index (χ4n) is 7.11. The highest BCUT2D eigenvalue weighted by Crippen LogP contribution is 2.39. The molecule has 10 nitrogen and oxygen atoms in total. The van der Waals surface area contributed by atoms with Gasteiger partial charge in [0.1, 0.15) is 6.04 Å². The van der Waals surface area contributed by atoms with Crippen molar-refractivity contribution >= 4 is 27.6 Å². The number of nitrogens with zero attached hydrogens (tertiary/aromatic N) is 1. The van der Waals surface area contributed by atoms with Gasteiger partial charge in [0.25, 0.3) is 0 Å². The van der Waals surface area contributed by atoms with Gasteiger partial charge in [0, 0.05) is 30.8 Å². The van der Waals surface area contributed by atoms with Gasteiger partial charge in [0.15, 0.2) is 9.84 Å². The molecule has 3 unspecified atom stereocenters. The number of aliphatic hydroxyl groups is 1. The van der Waals surface area contributed by atoms with Crippen LogP contribution in [0.15, 0.2) is 30.3 Å². The number of β-amino-alcohol motifs (C(OH)–C–C–N with tert-alkyl or cyclic N) is 1. The minimum atomic E-state index is -3.78. The Balaban J connectivity index is 1.60. The van der Waals surface area contributed by atoms with Crippen LogP contribution in [-0.2, 0) is 30.6 Å². The first-order valence-corrected chi connectivity index (χ1v) is 18.9. The number of nitrogens with one attached hydrogen (secondary N) is 3. The molecule has 258 valence electrons. The molecular formula is C35H56N4O6S. The van der Waals surface area contributed by atoms with E-state index in [1.807, 2.05) is 51.1 Å². The number of fused-ring (bicyclic) bond motifs is 1. The lowest BCUT2D eigenvalue weighted by Crippen LogP contribution is -2.64. The summed E-state index contributed by atoms with van der Waals surface area (Å²) in [4.78, 5) is 42.7. The maximum absolute atomic E-state index is 14.0. The summed E-state index contributed by atoms with van der Waals surface area (Å²) in [7, 11) is -3.78. The fraction of sp³-hybridized carbons (Fsp3) is 0.743. The standard InChI is InChI=1S/C35H56N4O6S/c1-34(2,3)38-32(42)28-20-25-15-10-11-16-26(25)21-39(28)22-29(40)27(19-23-13-8-7-9-14-23)36-33(43)30(35(4,5)46(6,44)45)37-31(41)24-17-12-18-24/h7-9,13-14,24-30,40H,10-12,15-22H2,1-6H3,(H,36,43)(H,37,41)(H,38,42)/t25-,26+,27?,28?,29?,30+/m0/s1. The number of hydrogen-bond acceptors (Lipinski definition) is 7. The predicted octanol–water partition coefficient (Wildman–Crippen LogP) is 2.98. The number of hydrogen-bond donors (Lipinski definition) is 4. The molecule has 1 heterocycles. The number of sulfone groups is 1. The van der Waals surface area contributed by atoms with Crippen molar-refractivity contribution in [2.45, 2.75) is 127 Å². The molecule has 2 saturated carbocycles. The molecule has 0 bridgehead atoms. The smallest absolute Gasteiger partial charge is 0.244 e. The Labute approximate surface area is 275 Å². The largest absolute Gasteiger partial charge is 0.390 e. The molecule has 3 amide bonds. The van der Waals surface area contributed by atoms with E-state index in [2.05, 4.69) is 20.9 Å². The zero-order chi connectivity index (χ0) is 33.9.